The maximum atomic E-state index is 15.3. The summed E-state index contributed by atoms with van der Waals surface area (Å²) < 4.78 is 56.6. The molecule has 2 aliphatic rings. The van der Waals surface area contributed by atoms with Gasteiger partial charge in [-0.2, -0.15) is 0 Å². The van der Waals surface area contributed by atoms with Gasteiger partial charge in [0, 0.05) is 52.7 Å². The first-order chi connectivity index (χ1) is 27.6. The van der Waals surface area contributed by atoms with E-state index in [1.165, 1.54) is 12.1 Å². The van der Waals surface area contributed by atoms with Crippen molar-refractivity contribution in [2.75, 3.05) is 90.6 Å². The van der Waals surface area contributed by atoms with Crippen LogP contribution in [-0.4, -0.2) is 130 Å². The highest BCUT2D eigenvalue weighted by Gasteiger charge is 2.41. The lowest BCUT2D eigenvalue weighted by Crippen LogP contribution is -2.40. The second kappa shape index (κ2) is 21.6. The Morgan fingerprint density at radius 1 is 0.754 bits per heavy atom. The largest absolute Gasteiger partial charge is 0.485 e. The van der Waals surface area contributed by atoms with Crippen molar-refractivity contribution >= 4 is 58.8 Å². The SMILES string of the molecule is O=C(O)COCCOCCOCCOc1c(F)cc(N2C(=O)C(Sc3ccc(C(=O)NCCO)cc3)=C(Sc3ccc(C(=O)N4CCOCC4)cc3)C2=O)cc1F. The van der Waals surface area contributed by atoms with Crippen molar-refractivity contribution < 1.29 is 66.7 Å². The van der Waals surface area contributed by atoms with Crippen LogP contribution in [0.5, 0.6) is 5.75 Å². The maximum Gasteiger partial charge on any atom is 0.329 e. The summed E-state index contributed by atoms with van der Waals surface area (Å²) in [6.45, 7) is 1.42. The first kappa shape index (κ1) is 43.2. The smallest absolute Gasteiger partial charge is 0.329 e. The number of aliphatic hydroxyl groups excluding tert-OH is 1. The number of carbonyl (C=O) groups is 5. The maximum absolute atomic E-state index is 15.3. The highest BCUT2D eigenvalue weighted by molar-refractivity contribution is 8.08. The van der Waals surface area contributed by atoms with E-state index >= 15 is 8.78 Å². The lowest BCUT2D eigenvalue weighted by molar-refractivity contribution is -0.142. The Bertz CT molecular complexity index is 1920. The van der Waals surface area contributed by atoms with Crippen molar-refractivity contribution in [3.05, 3.63) is 93.2 Å². The Hall–Kier alpha value is -4.89. The molecule has 0 bridgehead atoms. The first-order valence-corrected chi connectivity index (χ1v) is 19.2. The van der Waals surface area contributed by atoms with Gasteiger partial charge in [-0.1, -0.05) is 23.5 Å². The number of anilines is 1. The molecule has 0 unspecified atom stereocenters. The van der Waals surface area contributed by atoms with E-state index in [1.807, 2.05) is 0 Å². The molecule has 2 aliphatic heterocycles. The molecule has 0 aliphatic carbocycles. The van der Waals surface area contributed by atoms with E-state index < -0.39 is 47.7 Å². The molecule has 0 saturated carbocycles. The summed E-state index contributed by atoms with van der Waals surface area (Å²) in [5.74, 6) is -6.43. The van der Waals surface area contributed by atoms with Gasteiger partial charge in [0.1, 0.15) is 13.2 Å². The average molecular weight is 832 g/mol. The molecule has 0 spiro atoms. The molecule has 0 aromatic heterocycles. The van der Waals surface area contributed by atoms with Crippen LogP contribution in [0, 0.1) is 11.6 Å². The van der Waals surface area contributed by atoms with Gasteiger partial charge in [-0.3, -0.25) is 19.2 Å². The molecule has 4 amide bonds. The molecule has 2 heterocycles. The monoisotopic (exact) mass is 831 g/mol. The number of hydrogen-bond acceptors (Lipinski definition) is 13. The Labute approximate surface area is 334 Å². The number of ether oxygens (including phenoxy) is 5. The van der Waals surface area contributed by atoms with Crippen molar-refractivity contribution in [1.29, 1.82) is 0 Å². The Morgan fingerprint density at radius 3 is 1.79 bits per heavy atom. The van der Waals surface area contributed by atoms with E-state index in [0.29, 0.717) is 52.1 Å². The second-order valence-electron chi connectivity index (χ2n) is 12.0. The van der Waals surface area contributed by atoms with E-state index in [9.17, 15) is 24.0 Å². The predicted octanol–water partition coefficient (Wildman–Crippen LogP) is 3.34. The second-order valence-corrected chi connectivity index (χ2v) is 14.2. The lowest BCUT2D eigenvalue weighted by atomic mass is 10.2. The van der Waals surface area contributed by atoms with Crippen LogP contribution < -0.4 is 15.0 Å². The van der Waals surface area contributed by atoms with Gasteiger partial charge in [0.15, 0.2) is 17.4 Å². The minimum Gasteiger partial charge on any atom is -0.485 e. The number of carbonyl (C=O) groups excluding carboxylic acids is 4. The normalized spacial score (nSPS) is 14.4. The van der Waals surface area contributed by atoms with Crippen molar-refractivity contribution in [1.82, 2.24) is 10.2 Å². The van der Waals surface area contributed by atoms with Gasteiger partial charge in [-0.05, 0) is 48.5 Å². The number of imide groups is 1. The van der Waals surface area contributed by atoms with Crippen LogP contribution in [0.1, 0.15) is 20.7 Å². The summed E-state index contributed by atoms with van der Waals surface area (Å²) in [4.78, 5) is 67.0. The summed E-state index contributed by atoms with van der Waals surface area (Å²) >= 11 is 1.88. The number of amides is 4. The summed E-state index contributed by atoms with van der Waals surface area (Å²) in [6.07, 6.45) is 0. The Balaban J connectivity index is 1.28. The van der Waals surface area contributed by atoms with Gasteiger partial charge in [-0.25, -0.2) is 18.5 Å². The van der Waals surface area contributed by atoms with E-state index in [-0.39, 0.29) is 74.2 Å². The van der Waals surface area contributed by atoms with Crippen molar-refractivity contribution in [2.45, 2.75) is 9.79 Å². The van der Waals surface area contributed by atoms with E-state index in [0.717, 1.165) is 35.7 Å². The summed E-state index contributed by atoms with van der Waals surface area (Å²) in [5, 5.41) is 20.1. The molecule has 0 radical (unpaired) electrons. The molecule has 3 N–H and O–H groups in total. The molecule has 15 nitrogen and oxygen atoms in total. The molecule has 1 saturated heterocycles. The fraction of sp³-hybridized carbons (Fsp3) is 0.342. The van der Waals surface area contributed by atoms with Crippen molar-refractivity contribution in [3.63, 3.8) is 0 Å². The molecule has 3 aromatic rings. The zero-order valence-corrected chi connectivity index (χ0v) is 32.0. The van der Waals surface area contributed by atoms with Crippen molar-refractivity contribution in [2.24, 2.45) is 0 Å². The highest BCUT2D eigenvalue weighted by atomic mass is 32.2. The number of aliphatic hydroxyl groups is 1. The third-order valence-corrected chi connectivity index (χ3v) is 10.3. The number of nitrogens with one attached hydrogen (secondary N) is 1. The molecule has 57 heavy (non-hydrogen) atoms. The Kier molecular flexibility index (Phi) is 16.4. The van der Waals surface area contributed by atoms with Crippen LogP contribution in [0.25, 0.3) is 0 Å². The Morgan fingerprint density at radius 2 is 1.26 bits per heavy atom. The molecular formula is C38H39F2N3O12S2. The van der Waals surface area contributed by atoms with Crippen LogP contribution >= 0.6 is 23.5 Å². The standard InChI is InChI=1S/C38H39F2N3O12S2/c39-29-21-26(22-30(40)32(29)55-20-19-53-16-15-52-17-18-54-23-31(45)46)43-37(49)33(56-27-5-1-24(2-6-27)35(47)41-9-12-44)34(38(43)50)57-28-7-3-25(4-8-28)36(48)42-10-13-51-14-11-42/h1-8,21-22,44H,9-20,23H2,(H,41,47)(H,45,46). The van der Waals surface area contributed by atoms with Crippen LogP contribution in [-0.2, 0) is 33.3 Å². The van der Waals surface area contributed by atoms with Gasteiger partial charge < -0.3 is 44.1 Å². The highest BCUT2D eigenvalue weighted by Crippen LogP contribution is 2.44. The van der Waals surface area contributed by atoms with Crippen LogP contribution in [0.4, 0.5) is 14.5 Å². The van der Waals surface area contributed by atoms with E-state index in [2.05, 4.69) is 5.32 Å². The van der Waals surface area contributed by atoms with Gasteiger partial charge in [0.25, 0.3) is 23.6 Å². The third-order valence-electron chi connectivity index (χ3n) is 8.04. The fourth-order valence-electron chi connectivity index (χ4n) is 5.32. The molecule has 19 heteroatoms. The van der Waals surface area contributed by atoms with Gasteiger partial charge >= 0.3 is 5.97 Å². The summed E-state index contributed by atoms with van der Waals surface area (Å²) in [5.41, 5.74) is 0.350. The minimum absolute atomic E-state index is 0.0305. The molecule has 5 rings (SSSR count). The minimum atomic E-state index is -1.17. The quantitative estimate of drug-likeness (QED) is 0.105. The number of nitrogens with zero attached hydrogens (tertiary/aromatic N) is 2. The molecular weight excluding hydrogens is 793 g/mol. The predicted molar refractivity (Wildman–Crippen MR) is 202 cm³/mol. The van der Waals surface area contributed by atoms with E-state index in [1.54, 1.807) is 41.3 Å². The van der Waals surface area contributed by atoms with Gasteiger partial charge in [0.2, 0.25) is 0 Å². The van der Waals surface area contributed by atoms with Gasteiger partial charge in [-0.15, -0.1) is 0 Å². The summed E-state index contributed by atoms with van der Waals surface area (Å²) in [6, 6.07) is 14.3. The van der Waals surface area contributed by atoms with Crippen molar-refractivity contribution in [3.8, 4) is 5.75 Å². The number of carboxylic acids is 1. The zero-order chi connectivity index (χ0) is 40.7. The number of aliphatic carboxylic acids is 1. The number of thioether (sulfide) groups is 2. The topological polar surface area (TPSA) is 190 Å². The average Bonchev–Trinajstić information content (AvgIpc) is 3.43. The number of rotatable bonds is 21. The zero-order valence-electron chi connectivity index (χ0n) is 30.4. The van der Waals surface area contributed by atoms with Crippen LogP contribution in [0.3, 0.4) is 0 Å². The number of carboxylic acid groups (broad SMARTS) is 1. The van der Waals surface area contributed by atoms with Crippen LogP contribution in [0.15, 0.2) is 80.3 Å². The fourth-order valence-corrected chi connectivity index (χ4v) is 7.30. The number of benzene rings is 3. The number of morpholine rings is 1. The number of halogens is 2. The summed E-state index contributed by atoms with van der Waals surface area (Å²) in [7, 11) is 0. The number of hydrogen-bond donors (Lipinski definition) is 3. The van der Waals surface area contributed by atoms with E-state index in [4.69, 9.17) is 33.9 Å². The van der Waals surface area contributed by atoms with Crippen LogP contribution in [0.2, 0.25) is 0 Å². The lowest BCUT2D eigenvalue weighted by Gasteiger charge is -2.26. The first-order valence-electron chi connectivity index (χ1n) is 17.6. The third kappa shape index (κ3) is 12.1. The van der Waals surface area contributed by atoms with Gasteiger partial charge in [0.05, 0.1) is 68.4 Å². The molecule has 3 aromatic carbocycles. The molecule has 304 valence electrons. The molecule has 0 atom stereocenters. The molecule has 1 fully saturated rings.